The van der Waals surface area contributed by atoms with Crippen molar-refractivity contribution in [2.45, 2.75) is 25.9 Å². The second-order valence-electron chi connectivity index (χ2n) is 3.52. The monoisotopic (exact) mass is 397 g/mol. The summed E-state index contributed by atoms with van der Waals surface area (Å²) in [6, 6.07) is 0. The SMILES string of the molecule is CC(O)C(=O)O.[NH-]CC1CCC1C[NH-].[Pt]. The van der Waals surface area contributed by atoms with Crippen LogP contribution in [0.3, 0.4) is 0 Å². The molecule has 15 heavy (non-hydrogen) atoms. The Bertz CT molecular complexity index is 165. The van der Waals surface area contributed by atoms with Gasteiger partial charge in [0.25, 0.3) is 0 Å². The fraction of sp³-hybridized carbons (Fsp3) is 0.889. The van der Waals surface area contributed by atoms with Crippen molar-refractivity contribution in [3.8, 4) is 0 Å². The number of nitrogens with one attached hydrogen (secondary N) is 2. The molecule has 1 aliphatic rings. The van der Waals surface area contributed by atoms with Gasteiger partial charge in [-0.2, -0.15) is 0 Å². The van der Waals surface area contributed by atoms with E-state index in [0.717, 1.165) is 0 Å². The number of aliphatic hydroxyl groups is 1. The number of rotatable bonds is 3. The first-order valence-electron chi connectivity index (χ1n) is 4.73. The zero-order valence-electron chi connectivity index (χ0n) is 8.68. The minimum absolute atomic E-state index is 0. The molecule has 0 heterocycles. The van der Waals surface area contributed by atoms with E-state index in [9.17, 15) is 4.79 Å². The van der Waals surface area contributed by atoms with Gasteiger partial charge in [0.2, 0.25) is 0 Å². The maximum absolute atomic E-state index is 9.45. The quantitative estimate of drug-likeness (QED) is 0.755. The van der Waals surface area contributed by atoms with E-state index < -0.39 is 12.1 Å². The molecule has 0 radical (unpaired) electrons. The van der Waals surface area contributed by atoms with Gasteiger partial charge in [-0.25, -0.2) is 4.79 Å². The van der Waals surface area contributed by atoms with Gasteiger partial charge in [-0.3, -0.25) is 0 Å². The van der Waals surface area contributed by atoms with E-state index in [-0.39, 0.29) is 21.1 Å². The van der Waals surface area contributed by atoms with E-state index in [1.165, 1.54) is 19.8 Å². The first-order chi connectivity index (χ1) is 6.52. The Morgan fingerprint density at radius 1 is 1.33 bits per heavy atom. The van der Waals surface area contributed by atoms with E-state index in [0.29, 0.717) is 24.9 Å². The Morgan fingerprint density at radius 2 is 1.60 bits per heavy atom. The molecular weight excluding hydrogens is 379 g/mol. The summed E-state index contributed by atoms with van der Waals surface area (Å²) in [4.78, 5) is 9.45. The first kappa shape index (κ1) is 17.4. The number of hydrogen-bond donors (Lipinski definition) is 2. The molecule has 3 unspecified atom stereocenters. The van der Waals surface area contributed by atoms with Crippen LogP contribution < -0.4 is 0 Å². The van der Waals surface area contributed by atoms with Crippen LogP contribution in [-0.2, 0) is 25.9 Å². The van der Waals surface area contributed by atoms with Gasteiger partial charge in [-0.15, -0.1) is 13.1 Å². The van der Waals surface area contributed by atoms with E-state index >= 15 is 0 Å². The Hall–Kier alpha value is 0.0383. The van der Waals surface area contributed by atoms with E-state index in [2.05, 4.69) is 0 Å². The summed E-state index contributed by atoms with van der Waals surface area (Å²) >= 11 is 0. The van der Waals surface area contributed by atoms with Crippen LogP contribution in [0.4, 0.5) is 0 Å². The van der Waals surface area contributed by atoms with Crippen molar-refractivity contribution in [3.63, 3.8) is 0 Å². The van der Waals surface area contributed by atoms with Crippen molar-refractivity contribution in [1.29, 1.82) is 0 Å². The van der Waals surface area contributed by atoms with Crippen LogP contribution in [0.25, 0.3) is 11.5 Å². The molecule has 1 aliphatic carbocycles. The predicted molar refractivity (Wildman–Crippen MR) is 53.9 cm³/mol. The second kappa shape index (κ2) is 9.28. The average Bonchev–Trinajstić information content (AvgIpc) is 2.05. The number of aliphatic hydroxyl groups excluding tert-OH is 1. The minimum atomic E-state index is -1.23. The van der Waals surface area contributed by atoms with Crippen LogP contribution in [0.5, 0.6) is 0 Å². The van der Waals surface area contributed by atoms with E-state index in [4.69, 9.17) is 21.7 Å². The van der Waals surface area contributed by atoms with E-state index in [1.54, 1.807) is 0 Å². The van der Waals surface area contributed by atoms with Crippen LogP contribution in [0.2, 0.25) is 0 Å². The molecule has 0 aromatic heterocycles. The average molecular weight is 397 g/mol. The molecule has 0 aliphatic heterocycles. The van der Waals surface area contributed by atoms with Gasteiger partial charge in [-0.05, 0) is 6.92 Å². The van der Waals surface area contributed by atoms with Crippen LogP contribution in [0.1, 0.15) is 19.8 Å². The molecule has 0 amide bonds. The molecule has 1 fully saturated rings. The molecule has 0 aromatic carbocycles. The topological polar surface area (TPSA) is 105 Å². The summed E-state index contributed by atoms with van der Waals surface area (Å²) in [5, 5.41) is 15.8. The summed E-state index contributed by atoms with van der Waals surface area (Å²) in [5.74, 6) is -0.0324. The van der Waals surface area contributed by atoms with Gasteiger partial charge in [0.15, 0.2) is 0 Å². The van der Waals surface area contributed by atoms with Crippen LogP contribution in [0, 0.1) is 11.8 Å². The molecule has 5 nitrogen and oxygen atoms in total. The third-order valence-corrected chi connectivity index (χ3v) is 2.46. The largest absolute Gasteiger partial charge is 0.677 e. The van der Waals surface area contributed by atoms with Gasteiger partial charge in [0.1, 0.15) is 6.10 Å². The molecule has 1 rings (SSSR count). The van der Waals surface area contributed by atoms with Crippen molar-refractivity contribution in [2.75, 3.05) is 13.1 Å². The van der Waals surface area contributed by atoms with E-state index in [1.807, 2.05) is 0 Å². The molecule has 0 bridgehead atoms. The zero-order chi connectivity index (χ0) is 11.1. The fourth-order valence-corrected chi connectivity index (χ4v) is 1.18. The number of aliphatic carboxylic acids is 1. The molecular formula is C9H18N2O3Pt-2. The predicted octanol–water partition coefficient (Wildman–Crippen LogP) is 1.57. The Kier molecular flexibility index (Phi) is 10.8. The normalized spacial score (nSPS) is 25.1. The summed E-state index contributed by atoms with van der Waals surface area (Å²) in [7, 11) is 0. The zero-order valence-corrected chi connectivity index (χ0v) is 11.0. The van der Waals surface area contributed by atoms with Gasteiger partial charge < -0.3 is 21.7 Å². The van der Waals surface area contributed by atoms with Gasteiger partial charge in [-0.1, -0.05) is 24.7 Å². The van der Waals surface area contributed by atoms with Crippen LogP contribution >= 0.6 is 0 Å². The number of carboxylic acid groups (broad SMARTS) is 1. The maximum Gasteiger partial charge on any atom is 0.332 e. The van der Waals surface area contributed by atoms with Crippen molar-refractivity contribution in [3.05, 3.63) is 11.5 Å². The molecule has 0 spiro atoms. The van der Waals surface area contributed by atoms with Gasteiger partial charge in [0.05, 0.1) is 0 Å². The number of carbonyl (C=O) groups is 1. The molecule has 4 N–H and O–H groups in total. The molecule has 3 atom stereocenters. The Balaban J connectivity index is 0. The molecule has 0 aromatic rings. The molecule has 6 heteroatoms. The molecule has 1 saturated carbocycles. The summed E-state index contributed by atoms with van der Waals surface area (Å²) < 4.78 is 0. The number of carboxylic acids is 1. The minimum Gasteiger partial charge on any atom is -0.677 e. The maximum atomic E-state index is 9.45. The summed E-state index contributed by atoms with van der Waals surface area (Å²) in [5.41, 5.74) is 14.0. The van der Waals surface area contributed by atoms with Gasteiger partial charge >= 0.3 is 5.97 Å². The van der Waals surface area contributed by atoms with Crippen molar-refractivity contribution >= 4 is 5.97 Å². The van der Waals surface area contributed by atoms with Crippen molar-refractivity contribution in [1.82, 2.24) is 0 Å². The summed E-state index contributed by atoms with van der Waals surface area (Å²) in [6.07, 6.45) is 1.17. The fourth-order valence-electron chi connectivity index (χ4n) is 1.18. The molecule has 0 saturated heterocycles. The summed E-state index contributed by atoms with van der Waals surface area (Å²) in [6.45, 7) is 2.29. The molecule has 94 valence electrons. The second-order valence-corrected chi connectivity index (χ2v) is 3.52. The van der Waals surface area contributed by atoms with Crippen molar-refractivity contribution < 1.29 is 36.1 Å². The standard InChI is InChI=1S/C6H12N2.C3H6O3.Pt/c7-3-5-1-2-6(5)4-8;1-2(4)3(5)6;/h5-8H,1-4H2;2,4H,1H3,(H,5,6);/q-2;;. The van der Waals surface area contributed by atoms with Crippen molar-refractivity contribution in [2.24, 2.45) is 11.8 Å². The van der Waals surface area contributed by atoms with Crippen LogP contribution in [-0.4, -0.2) is 35.4 Å². The Morgan fingerprint density at radius 3 is 1.67 bits per heavy atom. The van der Waals surface area contributed by atoms with Gasteiger partial charge in [0, 0.05) is 21.1 Å². The number of hydrogen-bond acceptors (Lipinski definition) is 2. The third kappa shape index (κ3) is 7.01. The Labute approximate surface area is 104 Å². The van der Waals surface area contributed by atoms with Crippen LogP contribution in [0.15, 0.2) is 0 Å². The smallest absolute Gasteiger partial charge is 0.332 e. The third-order valence-electron chi connectivity index (χ3n) is 2.46. The first-order valence-corrected chi connectivity index (χ1v) is 4.73.